The molecule has 2 amide bonds. The van der Waals surface area contributed by atoms with Gasteiger partial charge in [-0.1, -0.05) is 23.5 Å². The first-order valence-electron chi connectivity index (χ1n) is 7.99. The standard InChI is InChI=1S/C17H15N3O6S/c1-10-8-14(21)18-11-4-2-3-5-12(11)19(10)15(22)9-26-17(23)13-6-7-16(27-13)20(24)25/h2-7,10H,8-9H2,1H3,(H,18,21)/t10-/m1/s1. The smallest absolute Gasteiger partial charge is 0.349 e. The van der Waals surface area contributed by atoms with Gasteiger partial charge in [0, 0.05) is 18.5 Å². The van der Waals surface area contributed by atoms with E-state index < -0.39 is 29.4 Å². The van der Waals surface area contributed by atoms with Crippen LogP contribution in [0, 0.1) is 10.1 Å². The molecule has 2 heterocycles. The Balaban J connectivity index is 1.74. The van der Waals surface area contributed by atoms with Gasteiger partial charge in [-0.15, -0.1) is 0 Å². The highest BCUT2D eigenvalue weighted by molar-refractivity contribution is 7.17. The van der Waals surface area contributed by atoms with Crippen LogP contribution < -0.4 is 10.2 Å². The highest BCUT2D eigenvalue weighted by Gasteiger charge is 2.30. The molecule has 0 saturated carbocycles. The van der Waals surface area contributed by atoms with Crippen molar-refractivity contribution in [1.29, 1.82) is 0 Å². The van der Waals surface area contributed by atoms with E-state index in [9.17, 15) is 24.5 Å². The summed E-state index contributed by atoms with van der Waals surface area (Å²) in [7, 11) is 0. The fraction of sp³-hybridized carbons (Fsp3) is 0.235. The van der Waals surface area contributed by atoms with Gasteiger partial charge >= 0.3 is 11.0 Å². The third-order valence-corrected chi connectivity index (χ3v) is 4.94. The van der Waals surface area contributed by atoms with Gasteiger partial charge < -0.3 is 15.0 Å². The van der Waals surface area contributed by atoms with E-state index in [2.05, 4.69) is 5.32 Å². The van der Waals surface area contributed by atoms with Gasteiger partial charge in [0.1, 0.15) is 4.88 Å². The molecule has 27 heavy (non-hydrogen) atoms. The summed E-state index contributed by atoms with van der Waals surface area (Å²) in [5, 5.41) is 13.2. The zero-order chi connectivity index (χ0) is 19.6. The summed E-state index contributed by atoms with van der Waals surface area (Å²) in [6, 6.07) is 8.90. The highest BCUT2D eigenvalue weighted by Crippen LogP contribution is 2.31. The summed E-state index contributed by atoms with van der Waals surface area (Å²) in [4.78, 5) is 48.2. The number of ether oxygens (including phenoxy) is 1. The lowest BCUT2D eigenvalue weighted by atomic mass is 10.1. The molecule has 1 aromatic heterocycles. The number of hydrogen-bond acceptors (Lipinski definition) is 7. The monoisotopic (exact) mass is 389 g/mol. The third kappa shape index (κ3) is 3.95. The molecule has 10 heteroatoms. The number of carbonyl (C=O) groups is 3. The fourth-order valence-corrected chi connectivity index (χ4v) is 3.49. The number of nitrogens with one attached hydrogen (secondary N) is 1. The minimum Gasteiger partial charge on any atom is -0.451 e. The molecule has 1 atom stereocenters. The zero-order valence-corrected chi connectivity index (χ0v) is 15.0. The van der Waals surface area contributed by atoms with Crippen molar-refractivity contribution < 1.29 is 24.0 Å². The molecule has 9 nitrogen and oxygen atoms in total. The van der Waals surface area contributed by atoms with Crippen LogP contribution in [0.5, 0.6) is 0 Å². The van der Waals surface area contributed by atoms with E-state index in [4.69, 9.17) is 4.74 Å². The third-order valence-electron chi connectivity index (χ3n) is 3.93. The van der Waals surface area contributed by atoms with Crippen LogP contribution in [0.15, 0.2) is 36.4 Å². The highest BCUT2D eigenvalue weighted by atomic mass is 32.1. The number of anilines is 2. The molecule has 0 radical (unpaired) electrons. The number of amides is 2. The van der Waals surface area contributed by atoms with Crippen molar-refractivity contribution in [2.45, 2.75) is 19.4 Å². The summed E-state index contributed by atoms with van der Waals surface area (Å²) in [5.74, 6) is -1.52. The number of fused-ring (bicyclic) bond motifs is 1. The van der Waals surface area contributed by atoms with E-state index in [1.54, 1.807) is 31.2 Å². The lowest BCUT2D eigenvalue weighted by Crippen LogP contribution is -2.41. The van der Waals surface area contributed by atoms with E-state index in [0.29, 0.717) is 22.7 Å². The molecule has 1 aromatic carbocycles. The average Bonchev–Trinajstić information content (AvgIpc) is 3.07. The second kappa shape index (κ2) is 7.54. The van der Waals surface area contributed by atoms with Gasteiger partial charge in [0.15, 0.2) is 6.61 Å². The van der Waals surface area contributed by atoms with Crippen molar-refractivity contribution >= 4 is 45.5 Å². The normalized spacial score (nSPS) is 16.1. The van der Waals surface area contributed by atoms with Crippen LogP contribution in [0.2, 0.25) is 0 Å². The maximum absolute atomic E-state index is 12.7. The zero-order valence-electron chi connectivity index (χ0n) is 14.2. The van der Waals surface area contributed by atoms with E-state index in [1.165, 1.54) is 17.0 Å². The first-order chi connectivity index (χ1) is 12.9. The largest absolute Gasteiger partial charge is 0.451 e. The summed E-state index contributed by atoms with van der Waals surface area (Å²) < 4.78 is 5.02. The van der Waals surface area contributed by atoms with Crippen molar-refractivity contribution in [3.05, 3.63) is 51.4 Å². The number of nitro groups is 1. The summed E-state index contributed by atoms with van der Waals surface area (Å²) in [6.07, 6.45) is 0.103. The Kier molecular flexibility index (Phi) is 5.17. The quantitative estimate of drug-likeness (QED) is 0.488. The van der Waals surface area contributed by atoms with E-state index in [0.717, 1.165) is 0 Å². The van der Waals surface area contributed by atoms with Crippen LogP contribution in [0.4, 0.5) is 16.4 Å². The number of thiophene rings is 1. The Hall–Kier alpha value is -3.27. The van der Waals surface area contributed by atoms with Crippen LogP contribution in [0.3, 0.4) is 0 Å². The van der Waals surface area contributed by atoms with Crippen molar-refractivity contribution in [2.75, 3.05) is 16.8 Å². The molecule has 0 spiro atoms. The molecule has 3 rings (SSSR count). The second-order valence-corrected chi connectivity index (χ2v) is 6.92. The van der Waals surface area contributed by atoms with E-state index in [-0.39, 0.29) is 22.2 Å². The number of rotatable bonds is 4. The van der Waals surface area contributed by atoms with Gasteiger partial charge in [-0.2, -0.15) is 0 Å². The van der Waals surface area contributed by atoms with Gasteiger partial charge in [0.2, 0.25) is 5.91 Å². The van der Waals surface area contributed by atoms with Crippen LogP contribution in [0.1, 0.15) is 23.0 Å². The number of nitrogens with zero attached hydrogens (tertiary/aromatic N) is 2. The molecular weight excluding hydrogens is 374 g/mol. The molecule has 0 aliphatic carbocycles. The fourth-order valence-electron chi connectivity index (χ4n) is 2.77. The number of esters is 1. The lowest BCUT2D eigenvalue weighted by molar-refractivity contribution is -0.380. The predicted molar refractivity (Wildman–Crippen MR) is 97.9 cm³/mol. The summed E-state index contributed by atoms with van der Waals surface area (Å²) in [6.45, 7) is 1.18. The molecule has 0 bridgehead atoms. The van der Waals surface area contributed by atoms with Crippen molar-refractivity contribution in [2.24, 2.45) is 0 Å². The Labute approximate surface area is 157 Å². The topological polar surface area (TPSA) is 119 Å². The minimum absolute atomic E-state index is 0.0376. The van der Waals surface area contributed by atoms with Crippen molar-refractivity contribution in [3.63, 3.8) is 0 Å². The maximum atomic E-state index is 12.7. The van der Waals surface area contributed by atoms with Crippen molar-refractivity contribution in [3.8, 4) is 0 Å². The van der Waals surface area contributed by atoms with Crippen LogP contribution >= 0.6 is 11.3 Å². The van der Waals surface area contributed by atoms with Gasteiger partial charge in [0.05, 0.1) is 16.3 Å². The van der Waals surface area contributed by atoms with Gasteiger partial charge in [-0.25, -0.2) is 4.79 Å². The molecule has 0 unspecified atom stereocenters. The van der Waals surface area contributed by atoms with Gasteiger partial charge in [0.25, 0.3) is 5.91 Å². The second-order valence-electron chi connectivity index (χ2n) is 5.85. The number of benzene rings is 1. The van der Waals surface area contributed by atoms with Crippen LogP contribution in [0.25, 0.3) is 0 Å². The Morgan fingerprint density at radius 2 is 2.07 bits per heavy atom. The Morgan fingerprint density at radius 3 is 2.78 bits per heavy atom. The molecular formula is C17H15N3O6S. The van der Waals surface area contributed by atoms with Crippen LogP contribution in [-0.2, 0) is 14.3 Å². The number of para-hydroxylation sites is 2. The van der Waals surface area contributed by atoms with E-state index >= 15 is 0 Å². The molecule has 0 saturated heterocycles. The van der Waals surface area contributed by atoms with Crippen LogP contribution in [-0.4, -0.2) is 35.4 Å². The molecule has 0 fully saturated rings. The molecule has 1 aliphatic rings. The van der Waals surface area contributed by atoms with Gasteiger partial charge in [-0.3, -0.25) is 19.7 Å². The minimum atomic E-state index is -0.814. The molecule has 1 N–H and O–H groups in total. The molecule has 2 aromatic rings. The first kappa shape index (κ1) is 18.5. The maximum Gasteiger partial charge on any atom is 0.349 e. The predicted octanol–water partition coefficient (Wildman–Crippen LogP) is 2.58. The summed E-state index contributed by atoms with van der Waals surface area (Å²) in [5.41, 5.74) is 1.02. The number of carbonyl (C=O) groups excluding carboxylic acids is 3. The summed E-state index contributed by atoms with van der Waals surface area (Å²) >= 11 is 0.676. The van der Waals surface area contributed by atoms with Crippen molar-refractivity contribution in [1.82, 2.24) is 0 Å². The lowest BCUT2D eigenvalue weighted by Gasteiger charge is -2.27. The SMILES string of the molecule is C[C@@H]1CC(=O)Nc2ccccc2N1C(=O)COC(=O)c1ccc([N+](=O)[O-])s1. The van der Waals surface area contributed by atoms with E-state index in [1.807, 2.05) is 0 Å². The Morgan fingerprint density at radius 1 is 1.33 bits per heavy atom. The first-order valence-corrected chi connectivity index (χ1v) is 8.80. The Bertz CT molecular complexity index is 925. The molecule has 1 aliphatic heterocycles. The average molecular weight is 389 g/mol. The number of hydrogen-bond donors (Lipinski definition) is 1. The van der Waals surface area contributed by atoms with Gasteiger partial charge in [-0.05, 0) is 25.1 Å². The molecule has 140 valence electrons.